The van der Waals surface area contributed by atoms with Crippen molar-refractivity contribution in [3.05, 3.63) is 253 Å². The Morgan fingerprint density at radius 2 is 0.839 bits per heavy atom. The lowest BCUT2D eigenvalue weighted by Crippen LogP contribution is -2.28. The monoisotopic (exact) mass is 806 g/mol. The van der Waals surface area contributed by atoms with Crippen LogP contribution in [0.3, 0.4) is 0 Å². The van der Waals surface area contributed by atoms with Crippen molar-refractivity contribution in [2.24, 2.45) is 0 Å². The molecule has 0 bridgehead atoms. The van der Waals surface area contributed by atoms with Gasteiger partial charge in [-0.2, -0.15) is 0 Å². The van der Waals surface area contributed by atoms with Gasteiger partial charge in [0, 0.05) is 36.9 Å². The molecule has 0 N–H and O–H groups in total. The highest BCUT2D eigenvalue weighted by Gasteiger charge is 2.46. The van der Waals surface area contributed by atoms with Crippen LogP contribution in [-0.4, -0.2) is 9.97 Å². The van der Waals surface area contributed by atoms with Gasteiger partial charge >= 0.3 is 0 Å². The van der Waals surface area contributed by atoms with Gasteiger partial charge in [0.05, 0.1) is 16.8 Å². The molecule has 11 aromatic rings. The lowest BCUT2D eigenvalue weighted by atomic mass is 9.67. The zero-order chi connectivity index (χ0) is 41.0. The summed E-state index contributed by atoms with van der Waals surface area (Å²) in [7, 11) is 0. The third kappa shape index (κ3) is 5.93. The minimum absolute atomic E-state index is 0.467. The van der Waals surface area contributed by atoms with Gasteiger partial charge in [-0.15, -0.1) is 11.3 Å². The van der Waals surface area contributed by atoms with E-state index in [-0.39, 0.29) is 0 Å². The van der Waals surface area contributed by atoms with E-state index in [1.165, 1.54) is 59.1 Å². The highest BCUT2D eigenvalue weighted by atomic mass is 32.1. The van der Waals surface area contributed by atoms with Gasteiger partial charge in [0.2, 0.25) is 0 Å². The number of hydrogen-bond acceptors (Lipinski definition) is 3. The van der Waals surface area contributed by atoms with Gasteiger partial charge in [0.1, 0.15) is 0 Å². The van der Waals surface area contributed by atoms with Crippen LogP contribution in [0.5, 0.6) is 0 Å². The third-order valence-electron chi connectivity index (χ3n) is 12.6. The minimum atomic E-state index is -0.467. The Bertz CT molecular complexity index is 3410. The number of rotatable bonds is 7. The second-order valence-corrected chi connectivity index (χ2v) is 17.2. The summed E-state index contributed by atoms with van der Waals surface area (Å²) < 4.78 is 2.60. The van der Waals surface area contributed by atoms with Crippen LogP contribution < -0.4 is 0 Å². The normalized spacial score (nSPS) is 12.6. The second kappa shape index (κ2) is 14.8. The second-order valence-electron chi connectivity index (χ2n) is 16.1. The van der Waals surface area contributed by atoms with Crippen LogP contribution in [-0.2, 0) is 5.41 Å². The Kier molecular flexibility index (Phi) is 8.62. The Hall–Kier alpha value is -7.72. The predicted molar refractivity (Wildman–Crippen MR) is 259 cm³/mol. The molecular formula is C59H38N2S. The number of nitrogens with zero attached hydrogens (tertiary/aromatic N) is 2. The van der Waals surface area contributed by atoms with Crippen molar-refractivity contribution in [3.63, 3.8) is 0 Å². The maximum absolute atomic E-state index is 5.35. The van der Waals surface area contributed by atoms with Crippen LogP contribution in [0.2, 0.25) is 0 Å². The van der Waals surface area contributed by atoms with E-state index < -0.39 is 5.41 Å². The summed E-state index contributed by atoms with van der Waals surface area (Å²) in [5, 5.41) is 2.58. The highest BCUT2D eigenvalue weighted by molar-refractivity contribution is 7.25. The Morgan fingerprint density at radius 3 is 1.56 bits per heavy atom. The van der Waals surface area contributed by atoms with Crippen molar-refractivity contribution in [1.29, 1.82) is 0 Å². The smallest absolute Gasteiger partial charge is 0.160 e. The molecule has 0 saturated heterocycles. The molecule has 2 heterocycles. The quantitative estimate of drug-likeness (QED) is 0.160. The molecule has 2 nitrogen and oxygen atoms in total. The molecule has 0 aliphatic heterocycles. The zero-order valence-electron chi connectivity index (χ0n) is 33.7. The van der Waals surface area contributed by atoms with Crippen LogP contribution in [0.15, 0.2) is 231 Å². The predicted octanol–water partition coefficient (Wildman–Crippen LogP) is 15.5. The topological polar surface area (TPSA) is 25.8 Å². The fourth-order valence-corrected chi connectivity index (χ4v) is 10.8. The summed E-state index contributed by atoms with van der Waals surface area (Å²) in [6.45, 7) is 0. The number of benzene rings is 9. The first-order chi connectivity index (χ1) is 30.7. The molecule has 0 saturated carbocycles. The van der Waals surface area contributed by atoms with Crippen LogP contribution in [0, 0.1) is 0 Å². The van der Waals surface area contributed by atoms with Crippen LogP contribution in [0.4, 0.5) is 0 Å². The lowest BCUT2D eigenvalue weighted by molar-refractivity contribution is 0.768. The minimum Gasteiger partial charge on any atom is -0.228 e. The Balaban J connectivity index is 1.07. The van der Waals surface area contributed by atoms with Gasteiger partial charge in [-0.1, -0.05) is 182 Å². The van der Waals surface area contributed by atoms with Crippen molar-refractivity contribution in [2.45, 2.75) is 5.41 Å². The summed E-state index contributed by atoms with van der Waals surface area (Å²) in [6, 6.07) is 83.5. The number of fused-ring (bicyclic) bond motifs is 6. The Labute approximate surface area is 365 Å². The fraction of sp³-hybridized carbons (Fsp3) is 0.0169. The summed E-state index contributed by atoms with van der Waals surface area (Å²) in [5.74, 6) is 0.694. The third-order valence-corrected chi connectivity index (χ3v) is 13.7. The van der Waals surface area contributed by atoms with E-state index in [0.29, 0.717) is 5.82 Å². The molecule has 2 aromatic heterocycles. The van der Waals surface area contributed by atoms with Crippen molar-refractivity contribution < 1.29 is 0 Å². The molecule has 0 fully saturated rings. The Morgan fingerprint density at radius 1 is 0.306 bits per heavy atom. The van der Waals surface area contributed by atoms with Crippen molar-refractivity contribution in [2.75, 3.05) is 0 Å². The van der Waals surface area contributed by atoms with Gasteiger partial charge in [-0.3, -0.25) is 0 Å². The summed E-state index contributed by atoms with van der Waals surface area (Å²) >= 11 is 1.85. The molecule has 12 rings (SSSR count). The molecule has 0 atom stereocenters. The van der Waals surface area contributed by atoms with Crippen molar-refractivity contribution >= 4 is 31.5 Å². The maximum atomic E-state index is 5.35. The van der Waals surface area contributed by atoms with E-state index in [0.717, 1.165) is 44.8 Å². The molecule has 3 heteroatoms. The van der Waals surface area contributed by atoms with Crippen molar-refractivity contribution in [1.82, 2.24) is 9.97 Å². The molecule has 1 aliphatic carbocycles. The summed E-state index contributed by atoms with van der Waals surface area (Å²) in [6.07, 6.45) is 0. The first kappa shape index (κ1) is 36.2. The molecule has 0 radical (unpaired) electrons. The molecule has 0 spiro atoms. The average Bonchev–Trinajstić information content (AvgIpc) is 3.88. The SMILES string of the molecule is c1ccc(-c2cc(-c3ccc4sc5ccccc5c4c3)cc(-c3cc(-c4ccc5c(c4)-c4ccccc4C5(c4ccccc4)c4ccccc4)nc(-c4ccccc4)n3)c2)cc1. The molecule has 0 unspecified atom stereocenters. The largest absolute Gasteiger partial charge is 0.228 e. The van der Waals surface area contributed by atoms with E-state index in [2.05, 4.69) is 224 Å². The van der Waals surface area contributed by atoms with E-state index in [1.54, 1.807) is 0 Å². The number of thiophene rings is 1. The molecule has 62 heavy (non-hydrogen) atoms. The zero-order valence-corrected chi connectivity index (χ0v) is 34.6. The number of hydrogen-bond donors (Lipinski definition) is 0. The highest BCUT2D eigenvalue weighted by Crippen LogP contribution is 2.56. The summed E-state index contributed by atoms with van der Waals surface area (Å²) in [4.78, 5) is 10.7. The number of aromatic nitrogens is 2. The van der Waals surface area contributed by atoms with E-state index in [1.807, 2.05) is 17.4 Å². The molecule has 1 aliphatic rings. The van der Waals surface area contributed by atoms with Gasteiger partial charge in [-0.25, -0.2) is 9.97 Å². The van der Waals surface area contributed by atoms with Gasteiger partial charge in [-0.05, 0) is 104 Å². The van der Waals surface area contributed by atoms with Gasteiger partial charge in [0.15, 0.2) is 5.82 Å². The van der Waals surface area contributed by atoms with E-state index in [4.69, 9.17) is 9.97 Å². The van der Waals surface area contributed by atoms with Crippen molar-refractivity contribution in [3.8, 4) is 67.3 Å². The maximum Gasteiger partial charge on any atom is 0.160 e. The first-order valence-corrected chi connectivity index (χ1v) is 22.0. The van der Waals surface area contributed by atoms with E-state index in [9.17, 15) is 0 Å². The first-order valence-electron chi connectivity index (χ1n) is 21.1. The van der Waals surface area contributed by atoms with Crippen LogP contribution in [0.1, 0.15) is 22.3 Å². The van der Waals surface area contributed by atoms with Gasteiger partial charge in [0.25, 0.3) is 0 Å². The summed E-state index contributed by atoms with van der Waals surface area (Å²) in [5.41, 5.74) is 16.5. The lowest BCUT2D eigenvalue weighted by Gasteiger charge is -2.33. The molecule has 290 valence electrons. The fourth-order valence-electron chi connectivity index (χ4n) is 9.71. The standard InChI is InChI=1S/C59H38N2S/c1-5-17-39(18-6-1)43-33-44(41-30-32-57-51(36-41)49-26-14-16-28-56(49)62-57)35-45(34-43)55-38-54(60-58(61-55)40-19-7-2-8-20-40)42-29-31-53-50(37-42)48-25-13-15-27-52(48)59(53,46-21-9-3-10-22-46)47-23-11-4-12-24-47/h1-38H. The molecular weight excluding hydrogens is 769 g/mol. The van der Waals surface area contributed by atoms with Crippen LogP contribution in [0.25, 0.3) is 87.5 Å². The van der Waals surface area contributed by atoms with Gasteiger partial charge < -0.3 is 0 Å². The van der Waals surface area contributed by atoms with E-state index >= 15 is 0 Å². The molecule has 9 aromatic carbocycles. The average molecular weight is 807 g/mol. The van der Waals surface area contributed by atoms with Crippen LogP contribution >= 0.6 is 11.3 Å². The molecule has 0 amide bonds.